The van der Waals surface area contributed by atoms with E-state index < -0.39 is 0 Å². The Morgan fingerprint density at radius 1 is 1.39 bits per heavy atom. The third-order valence-corrected chi connectivity index (χ3v) is 3.94. The van der Waals surface area contributed by atoms with Gasteiger partial charge in [-0.1, -0.05) is 0 Å². The molecule has 5 nitrogen and oxygen atoms in total. The molecule has 18 heavy (non-hydrogen) atoms. The van der Waals surface area contributed by atoms with Crippen LogP contribution < -0.4 is 10.6 Å². The fourth-order valence-electron chi connectivity index (χ4n) is 3.08. The van der Waals surface area contributed by atoms with Gasteiger partial charge in [-0.05, 0) is 18.9 Å². The third-order valence-electron chi connectivity index (χ3n) is 3.94. The first-order valence-electron chi connectivity index (χ1n) is 6.41. The lowest BCUT2D eigenvalue weighted by atomic mass is 10.1. The zero-order chi connectivity index (χ0) is 12.7. The summed E-state index contributed by atoms with van der Waals surface area (Å²) in [4.78, 5) is 20.1. The van der Waals surface area contributed by atoms with Crippen molar-refractivity contribution in [3.63, 3.8) is 0 Å². The van der Waals surface area contributed by atoms with Crippen molar-refractivity contribution in [3.8, 4) is 0 Å². The van der Waals surface area contributed by atoms with E-state index in [4.69, 9.17) is 5.73 Å². The summed E-state index contributed by atoms with van der Waals surface area (Å²) in [5.41, 5.74) is 8.95. The summed E-state index contributed by atoms with van der Waals surface area (Å²) in [6.07, 6.45) is 5.22. The van der Waals surface area contributed by atoms with E-state index in [1.54, 1.807) is 6.20 Å². The Morgan fingerprint density at radius 3 is 3.00 bits per heavy atom. The minimum Gasteiger partial charge on any atom is -0.396 e. The lowest BCUT2D eigenvalue weighted by Crippen LogP contribution is -2.51. The Labute approximate surface area is 107 Å². The Morgan fingerprint density at radius 2 is 2.22 bits per heavy atom. The number of hydrogen-bond donors (Lipinski definition) is 1. The van der Waals surface area contributed by atoms with E-state index in [1.807, 2.05) is 18.0 Å². The Balaban J connectivity index is 1.85. The van der Waals surface area contributed by atoms with Gasteiger partial charge in [0.1, 0.15) is 0 Å². The first-order chi connectivity index (χ1) is 8.66. The normalized spacial score (nSPS) is 23.4. The molecule has 1 aromatic rings. The van der Waals surface area contributed by atoms with Gasteiger partial charge in [-0.25, -0.2) is 0 Å². The van der Waals surface area contributed by atoms with Crippen LogP contribution in [0.25, 0.3) is 0 Å². The summed E-state index contributed by atoms with van der Waals surface area (Å²) in [6.45, 7) is 4.59. The van der Waals surface area contributed by atoms with Gasteiger partial charge in [-0.15, -0.1) is 0 Å². The van der Waals surface area contributed by atoms with Crippen LogP contribution in [0.2, 0.25) is 0 Å². The molecule has 1 amide bonds. The van der Waals surface area contributed by atoms with Gasteiger partial charge in [0.2, 0.25) is 5.91 Å². The van der Waals surface area contributed by atoms with Crippen LogP contribution in [-0.4, -0.2) is 41.5 Å². The van der Waals surface area contributed by atoms with E-state index >= 15 is 0 Å². The SMILES string of the molecule is Cc1cncc(N)c1N1CCN2C(=O)CC[C@@H]2C1. The first-order valence-corrected chi connectivity index (χ1v) is 6.41. The molecule has 0 radical (unpaired) electrons. The molecule has 2 saturated heterocycles. The van der Waals surface area contributed by atoms with Crippen LogP contribution in [0.3, 0.4) is 0 Å². The maximum atomic E-state index is 11.7. The fourth-order valence-corrected chi connectivity index (χ4v) is 3.08. The van der Waals surface area contributed by atoms with Gasteiger partial charge < -0.3 is 15.5 Å². The van der Waals surface area contributed by atoms with Crippen molar-refractivity contribution in [1.29, 1.82) is 0 Å². The number of nitrogens with zero attached hydrogens (tertiary/aromatic N) is 3. The van der Waals surface area contributed by atoms with Gasteiger partial charge in [0.25, 0.3) is 0 Å². The monoisotopic (exact) mass is 246 g/mol. The molecule has 1 aromatic heterocycles. The number of carbonyl (C=O) groups excluding carboxylic acids is 1. The maximum absolute atomic E-state index is 11.7. The third kappa shape index (κ3) is 1.70. The summed E-state index contributed by atoms with van der Waals surface area (Å²) in [5.74, 6) is 0.305. The number of pyridine rings is 1. The molecule has 3 heterocycles. The number of piperazine rings is 1. The molecule has 0 aliphatic carbocycles. The second-order valence-electron chi connectivity index (χ2n) is 5.12. The molecule has 0 spiro atoms. The second kappa shape index (κ2) is 4.15. The van der Waals surface area contributed by atoms with Crippen molar-refractivity contribution in [2.45, 2.75) is 25.8 Å². The zero-order valence-corrected chi connectivity index (χ0v) is 10.6. The molecular formula is C13H18N4O. The highest BCUT2D eigenvalue weighted by molar-refractivity contribution is 5.79. The van der Waals surface area contributed by atoms with Crippen LogP contribution in [-0.2, 0) is 4.79 Å². The molecule has 0 saturated carbocycles. The second-order valence-corrected chi connectivity index (χ2v) is 5.12. The van der Waals surface area contributed by atoms with Crippen LogP contribution in [0.15, 0.2) is 12.4 Å². The minimum atomic E-state index is 0.305. The van der Waals surface area contributed by atoms with Crippen molar-refractivity contribution in [1.82, 2.24) is 9.88 Å². The van der Waals surface area contributed by atoms with Crippen LogP contribution in [0, 0.1) is 6.92 Å². The van der Waals surface area contributed by atoms with Gasteiger partial charge in [-0.2, -0.15) is 0 Å². The van der Waals surface area contributed by atoms with E-state index in [0.717, 1.165) is 43.0 Å². The molecule has 2 fully saturated rings. The number of rotatable bonds is 1. The van der Waals surface area contributed by atoms with E-state index in [0.29, 0.717) is 18.4 Å². The lowest BCUT2D eigenvalue weighted by molar-refractivity contribution is -0.129. The highest BCUT2D eigenvalue weighted by atomic mass is 16.2. The Kier molecular flexibility index (Phi) is 2.61. The van der Waals surface area contributed by atoms with Crippen LogP contribution in [0.1, 0.15) is 18.4 Å². The molecular weight excluding hydrogens is 228 g/mol. The minimum absolute atomic E-state index is 0.305. The maximum Gasteiger partial charge on any atom is 0.223 e. The van der Waals surface area contributed by atoms with Gasteiger partial charge in [0.05, 0.1) is 17.6 Å². The first kappa shape index (κ1) is 11.3. The van der Waals surface area contributed by atoms with Crippen LogP contribution in [0.4, 0.5) is 11.4 Å². The number of hydrogen-bond acceptors (Lipinski definition) is 4. The summed E-state index contributed by atoms with van der Waals surface area (Å²) in [6, 6.07) is 0.359. The predicted molar refractivity (Wildman–Crippen MR) is 70.3 cm³/mol. The number of nitrogens with two attached hydrogens (primary N) is 1. The topological polar surface area (TPSA) is 62.5 Å². The number of carbonyl (C=O) groups is 1. The van der Waals surface area contributed by atoms with Crippen molar-refractivity contribution in [2.75, 3.05) is 30.3 Å². The fraction of sp³-hybridized carbons (Fsp3) is 0.538. The molecule has 2 N–H and O–H groups in total. The quantitative estimate of drug-likeness (QED) is 0.795. The highest BCUT2D eigenvalue weighted by Gasteiger charge is 2.36. The van der Waals surface area contributed by atoms with Crippen molar-refractivity contribution in [3.05, 3.63) is 18.0 Å². The van der Waals surface area contributed by atoms with Gasteiger partial charge in [0, 0.05) is 38.3 Å². The molecule has 0 bridgehead atoms. The van der Waals surface area contributed by atoms with Crippen molar-refractivity contribution < 1.29 is 4.79 Å². The average Bonchev–Trinajstić information content (AvgIpc) is 2.71. The lowest BCUT2D eigenvalue weighted by Gasteiger charge is -2.39. The molecule has 0 aromatic carbocycles. The number of nitrogen functional groups attached to an aromatic ring is 1. The summed E-state index contributed by atoms with van der Waals surface area (Å²) < 4.78 is 0. The largest absolute Gasteiger partial charge is 0.396 e. The summed E-state index contributed by atoms with van der Waals surface area (Å²) in [7, 11) is 0. The number of aromatic nitrogens is 1. The molecule has 3 rings (SSSR count). The number of amides is 1. The summed E-state index contributed by atoms with van der Waals surface area (Å²) in [5, 5.41) is 0. The molecule has 2 aliphatic rings. The van der Waals surface area contributed by atoms with Gasteiger partial charge in [0.15, 0.2) is 0 Å². The van der Waals surface area contributed by atoms with Gasteiger partial charge in [-0.3, -0.25) is 9.78 Å². The number of aryl methyl sites for hydroxylation is 1. The molecule has 0 unspecified atom stereocenters. The molecule has 5 heteroatoms. The standard InChI is InChI=1S/C13H18N4O/c1-9-6-15-7-11(14)13(9)16-4-5-17-10(8-16)2-3-12(17)18/h6-7,10H,2-5,8,14H2,1H3/t10-/m1/s1. The number of fused-ring (bicyclic) bond motifs is 1. The zero-order valence-electron chi connectivity index (χ0n) is 10.6. The molecule has 2 aliphatic heterocycles. The van der Waals surface area contributed by atoms with Crippen LogP contribution >= 0.6 is 0 Å². The Hall–Kier alpha value is -1.78. The average molecular weight is 246 g/mol. The van der Waals surface area contributed by atoms with E-state index in [2.05, 4.69) is 9.88 Å². The smallest absolute Gasteiger partial charge is 0.223 e. The van der Waals surface area contributed by atoms with Crippen LogP contribution in [0.5, 0.6) is 0 Å². The van der Waals surface area contributed by atoms with E-state index in [1.165, 1.54) is 0 Å². The summed E-state index contributed by atoms with van der Waals surface area (Å²) >= 11 is 0. The Bertz CT molecular complexity index is 468. The molecule has 96 valence electrons. The van der Waals surface area contributed by atoms with Crippen molar-refractivity contribution in [2.24, 2.45) is 0 Å². The molecule has 1 atom stereocenters. The van der Waals surface area contributed by atoms with E-state index in [9.17, 15) is 4.79 Å². The predicted octanol–water partition coefficient (Wildman–Crippen LogP) is 0.783. The number of anilines is 2. The van der Waals surface area contributed by atoms with E-state index in [-0.39, 0.29) is 0 Å². The van der Waals surface area contributed by atoms with Crippen molar-refractivity contribution >= 4 is 17.3 Å². The highest BCUT2D eigenvalue weighted by Crippen LogP contribution is 2.31. The van der Waals surface area contributed by atoms with Gasteiger partial charge >= 0.3 is 0 Å².